The molecule has 0 saturated carbocycles. The molecule has 3 unspecified atom stereocenters. The first kappa shape index (κ1) is 13.5. The van der Waals surface area contributed by atoms with Crippen molar-refractivity contribution in [2.45, 2.75) is 53.0 Å². The van der Waals surface area contributed by atoms with E-state index in [4.69, 9.17) is 0 Å². The van der Waals surface area contributed by atoms with E-state index in [1.807, 2.05) is 13.8 Å². The second-order valence-corrected chi connectivity index (χ2v) is 5.55. The average Bonchev–Trinajstić information content (AvgIpc) is 2.24. The molecule has 0 amide bonds. The Balaban J connectivity index is 2.67. The highest BCUT2D eigenvalue weighted by Gasteiger charge is 2.36. The van der Waals surface area contributed by atoms with Crippen molar-refractivity contribution in [2.75, 3.05) is 13.1 Å². The predicted octanol–water partition coefficient (Wildman–Crippen LogP) is 2.61. The van der Waals surface area contributed by atoms with Crippen molar-refractivity contribution in [3.8, 4) is 0 Å². The van der Waals surface area contributed by atoms with E-state index >= 15 is 0 Å². The molecule has 0 bridgehead atoms. The fourth-order valence-corrected chi connectivity index (χ4v) is 2.42. The predicted molar refractivity (Wildman–Crippen MR) is 65.5 cm³/mol. The van der Waals surface area contributed by atoms with Crippen molar-refractivity contribution in [2.24, 2.45) is 11.3 Å². The van der Waals surface area contributed by atoms with Crippen LogP contribution in [-0.2, 0) is 4.79 Å². The third-order valence-electron chi connectivity index (χ3n) is 4.35. The summed E-state index contributed by atoms with van der Waals surface area (Å²) in [6, 6.07) is 0.513. The molecule has 1 aliphatic rings. The SMILES string of the molecule is CCC(C)(CN1CCCC(C)C1C)C(=O)O. The van der Waals surface area contributed by atoms with E-state index in [0.717, 1.165) is 6.54 Å². The van der Waals surface area contributed by atoms with Crippen LogP contribution in [0.1, 0.15) is 47.0 Å². The van der Waals surface area contributed by atoms with Crippen LogP contribution in [0.25, 0.3) is 0 Å². The van der Waals surface area contributed by atoms with E-state index in [9.17, 15) is 9.90 Å². The van der Waals surface area contributed by atoms with Gasteiger partial charge in [-0.1, -0.05) is 13.8 Å². The van der Waals surface area contributed by atoms with Crippen molar-refractivity contribution in [3.63, 3.8) is 0 Å². The summed E-state index contributed by atoms with van der Waals surface area (Å²) in [5.41, 5.74) is -0.592. The Kier molecular flexibility index (Phi) is 4.36. The molecule has 1 N–H and O–H groups in total. The van der Waals surface area contributed by atoms with Crippen LogP contribution in [-0.4, -0.2) is 35.1 Å². The van der Waals surface area contributed by atoms with Crippen LogP contribution >= 0.6 is 0 Å². The van der Waals surface area contributed by atoms with Gasteiger partial charge in [0.05, 0.1) is 5.41 Å². The number of nitrogens with zero attached hydrogens (tertiary/aromatic N) is 1. The number of carbonyl (C=O) groups is 1. The summed E-state index contributed by atoms with van der Waals surface area (Å²) < 4.78 is 0. The number of carboxylic acid groups (broad SMARTS) is 1. The van der Waals surface area contributed by atoms with Crippen LogP contribution in [0.4, 0.5) is 0 Å². The minimum atomic E-state index is -0.666. The summed E-state index contributed by atoms with van der Waals surface area (Å²) in [7, 11) is 0. The highest BCUT2D eigenvalue weighted by Crippen LogP contribution is 2.29. The molecule has 0 spiro atoms. The van der Waals surface area contributed by atoms with E-state index in [-0.39, 0.29) is 0 Å². The van der Waals surface area contributed by atoms with Crippen molar-refractivity contribution >= 4 is 5.97 Å². The molecule has 3 atom stereocenters. The number of likely N-dealkylation sites (tertiary alicyclic amines) is 1. The van der Waals surface area contributed by atoms with Crippen LogP contribution in [0.3, 0.4) is 0 Å². The Labute approximate surface area is 98.8 Å². The zero-order valence-corrected chi connectivity index (χ0v) is 11.0. The molecule has 1 heterocycles. The molecule has 1 fully saturated rings. The average molecular weight is 227 g/mol. The molecule has 1 rings (SSSR count). The molecule has 0 aromatic carbocycles. The van der Waals surface area contributed by atoms with Crippen LogP contribution in [0.5, 0.6) is 0 Å². The monoisotopic (exact) mass is 227 g/mol. The second kappa shape index (κ2) is 5.17. The Morgan fingerprint density at radius 3 is 2.62 bits per heavy atom. The van der Waals surface area contributed by atoms with Crippen molar-refractivity contribution in [1.82, 2.24) is 4.90 Å². The number of aliphatic carboxylic acids is 1. The maximum atomic E-state index is 11.3. The van der Waals surface area contributed by atoms with Crippen molar-refractivity contribution in [1.29, 1.82) is 0 Å². The molecule has 3 nitrogen and oxygen atoms in total. The van der Waals surface area contributed by atoms with Gasteiger partial charge in [0.1, 0.15) is 0 Å². The number of carboxylic acids is 1. The van der Waals surface area contributed by atoms with Gasteiger partial charge in [-0.05, 0) is 45.6 Å². The van der Waals surface area contributed by atoms with Crippen LogP contribution in [0, 0.1) is 11.3 Å². The van der Waals surface area contributed by atoms with Crippen molar-refractivity contribution < 1.29 is 9.90 Å². The molecular formula is C13H25NO2. The molecule has 1 saturated heterocycles. The summed E-state index contributed by atoms with van der Waals surface area (Å²) in [5.74, 6) is 0.0177. The summed E-state index contributed by atoms with van der Waals surface area (Å²) in [6.45, 7) is 10.1. The Hall–Kier alpha value is -0.570. The number of piperidine rings is 1. The Morgan fingerprint density at radius 2 is 2.12 bits per heavy atom. The van der Waals surface area contributed by atoms with Crippen LogP contribution < -0.4 is 0 Å². The van der Waals surface area contributed by atoms with Crippen molar-refractivity contribution in [3.05, 3.63) is 0 Å². The summed E-state index contributed by atoms with van der Waals surface area (Å²) in [6.07, 6.45) is 3.17. The molecule has 1 aliphatic heterocycles. The third-order valence-corrected chi connectivity index (χ3v) is 4.35. The quantitative estimate of drug-likeness (QED) is 0.802. The zero-order valence-electron chi connectivity index (χ0n) is 11.0. The molecule has 3 heteroatoms. The lowest BCUT2D eigenvalue weighted by Gasteiger charge is -2.41. The fourth-order valence-electron chi connectivity index (χ4n) is 2.42. The Morgan fingerprint density at radius 1 is 1.50 bits per heavy atom. The van der Waals surface area contributed by atoms with E-state index in [0.29, 0.717) is 24.9 Å². The standard InChI is InChI=1S/C13H25NO2/c1-5-13(4,12(15)16)9-14-8-6-7-10(2)11(14)3/h10-11H,5-9H2,1-4H3,(H,15,16). The smallest absolute Gasteiger partial charge is 0.310 e. The van der Waals surface area contributed by atoms with Gasteiger partial charge in [-0.15, -0.1) is 0 Å². The van der Waals surface area contributed by atoms with Gasteiger partial charge < -0.3 is 5.11 Å². The lowest BCUT2D eigenvalue weighted by molar-refractivity contribution is -0.150. The summed E-state index contributed by atoms with van der Waals surface area (Å²) in [5, 5.41) is 9.29. The first-order valence-corrected chi connectivity index (χ1v) is 6.38. The molecule has 94 valence electrons. The second-order valence-electron chi connectivity index (χ2n) is 5.55. The van der Waals surface area contributed by atoms with Gasteiger partial charge in [0.15, 0.2) is 0 Å². The van der Waals surface area contributed by atoms with Gasteiger partial charge in [-0.3, -0.25) is 9.69 Å². The first-order chi connectivity index (χ1) is 7.40. The topological polar surface area (TPSA) is 40.5 Å². The first-order valence-electron chi connectivity index (χ1n) is 6.38. The van der Waals surface area contributed by atoms with Gasteiger partial charge in [0.2, 0.25) is 0 Å². The number of hydrogen-bond donors (Lipinski definition) is 1. The normalized spacial score (nSPS) is 31.0. The largest absolute Gasteiger partial charge is 0.481 e. The molecule has 0 aromatic heterocycles. The van der Waals surface area contributed by atoms with E-state index < -0.39 is 11.4 Å². The highest BCUT2D eigenvalue weighted by atomic mass is 16.4. The zero-order chi connectivity index (χ0) is 12.3. The molecule has 0 aliphatic carbocycles. The minimum Gasteiger partial charge on any atom is -0.481 e. The van der Waals surface area contributed by atoms with E-state index in [2.05, 4.69) is 18.7 Å². The Bertz CT molecular complexity index is 254. The van der Waals surface area contributed by atoms with Crippen LogP contribution in [0.2, 0.25) is 0 Å². The van der Waals surface area contributed by atoms with Gasteiger partial charge in [0, 0.05) is 12.6 Å². The minimum absolute atomic E-state index is 0.513. The van der Waals surface area contributed by atoms with Crippen LogP contribution in [0.15, 0.2) is 0 Å². The van der Waals surface area contributed by atoms with Gasteiger partial charge in [-0.25, -0.2) is 0 Å². The molecular weight excluding hydrogens is 202 g/mol. The maximum absolute atomic E-state index is 11.3. The van der Waals surface area contributed by atoms with Gasteiger partial charge >= 0.3 is 5.97 Å². The molecule has 0 radical (unpaired) electrons. The number of rotatable bonds is 4. The van der Waals surface area contributed by atoms with Gasteiger partial charge in [0.25, 0.3) is 0 Å². The molecule has 0 aromatic rings. The lowest BCUT2D eigenvalue weighted by atomic mass is 9.84. The number of hydrogen-bond acceptors (Lipinski definition) is 2. The fraction of sp³-hybridized carbons (Fsp3) is 0.923. The van der Waals surface area contributed by atoms with Gasteiger partial charge in [-0.2, -0.15) is 0 Å². The third kappa shape index (κ3) is 2.76. The molecule has 16 heavy (non-hydrogen) atoms. The van der Waals surface area contributed by atoms with E-state index in [1.54, 1.807) is 0 Å². The summed E-state index contributed by atoms with van der Waals surface area (Å²) in [4.78, 5) is 13.6. The van der Waals surface area contributed by atoms with E-state index in [1.165, 1.54) is 12.8 Å². The summed E-state index contributed by atoms with van der Waals surface area (Å²) >= 11 is 0. The maximum Gasteiger partial charge on any atom is 0.310 e. The highest BCUT2D eigenvalue weighted by molar-refractivity contribution is 5.74. The lowest BCUT2D eigenvalue weighted by Crippen LogP contribution is -2.49.